The summed E-state index contributed by atoms with van der Waals surface area (Å²) in [5.41, 5.74) is 6.08. The van der Waals surface area contributed by atoms with Crippen LogP contribution in [0.3, 0.4) is 0 Å². The van der Waals surface area contributed by atoms with E-state index in [1.54, 1.807) is 0 Å². The second-order valence-corrected chi connectivity index (χ2v) is 5.74. The largest absolute Gasteiger partial charge is 0.330 e. The molecule has 1 atom stereocenters. The highest BCUT2D eigenvalue weighted by Crippen LogP contribution is 2.37. The second kappa shape index (κ2) is 5.31. The molecule has 1 rings (SSSR count). The Hall–Kier alpha value is -0.0800. The van der Waals surface area contributed by atoms with Crippen LogP contribution < -0.4 is 5.73 Å². The summed E-state index contributed by atoms with van der Waals surface area (Å²) in [6, 6.07) is 0.806. The van der Waals surface area contributed by atoms with Gasteiger partial charge in [-0.3, -0.25) is 4.90 Å². The van der Waals surface area contributed by atoms with Crippen molar-refractivity contribution in [1.82, 2.24) is 4.90 Å². The molecule has 0 aromatic heterocycles. The fourth-order valence-electron chi connectivity index (χ4n) is 2.45. The van der Waals surface area contributed by atoms with E-state index in [2.05, 4.69) is 32.6 Å². The molecule has 1 aliphatic rings. The van der Waals surface area contributed by atoms with Gasteiger partial charge in [-0.2, -0.15) is 0 Å². The molecule has 0 bridgehead atoms. The van der Waals surface area contributed by atoms with Gasteiger partial charge in [0.25, 0.3) is 0 Å². The summed E-state index contributed by atoms with van der Waals surface area (Å²) < 4.78 is 0. The molecule has 0 heterocycles. The summed E-state index contributed by atoms with van der Waals surface area (Å²) in [7, 11) is 0. The van der Waals surface area contributed by atoms with E-state index in [0.29, 0.717) is 0 Å². The quantitative estimate of drug-likeness (QED) is 0.702. The fourth-order valence-corrected chi connectivity index (χ4v) is 2.45. The lowest BCUT2D eigenvalue weighted by molar-refractivity contribution is 0.122. The molecule has 1 fully saturated rings. The highest BCUT2D eigenvalue weighted by Gasteiger charge is 2.35. The lowest BCUT2D eigenvalue weighted by atomic mass is 9.91. The standard InChI is InChI=1S/C13H28N2/c1-5-12(11-7-8-11)15(6-2)10-13(3,4)9-14/h11-12H,5-10,14H2,1-4H3. The molecule has 0 aliphatic heterocycles. The smallest absolute Gasteiger partial charge is 0.0121 e. The van der Waals surface area contributed by atoms with E-state index in [4.69, 9.17) is 5.73 Å². The van der Waals surface area contributed by atoms with Gasteiger partial charge in [-0.25, -0.2) is 0 Å². The van der Waals surface area contributed by atoms with Crippen molar-refractivity contribution in [3.05, 3.63) is 0 Å². The Bertz CT molecular complexity index is 185. The second-order valence-electron chi connectivity index (χ2n) is 5.74. The van der Waals surface area contributed by atoms with Gasteiger partial charge in [0.2, 0.25) is 0 Å². The first kappa shape index (κ1) is 13.0. The van der Waals surface area contributed by atoms with Crippen LogP contribution in [-0.2, 0) is 0 Å². The third-order valence-electron chi connectivity index (χ3n) is 3.64. The van der Waals surface area contributed by atoms with Crippen molar-refractivity contribution in [1.29, 1.82) is 0 Å². The van der Waals surface area contributed by atoms with Gasteiger partial charge >= 0.3 is 0 Å². The molecule has 90 valence electrons. The Morgan fingerprint density at radius 2 is 1.93 bits per heavy atom. The molecular formula is C13H28N2. The van der Waals surface area contributed by atoms with Gasteiger partial charge in [0.1, 0.15) is 0 Å². The zero-order valence-corrected chi connectivity index (χ0v) is 10.9. The number of hydrogen-bond donors (Lipinski definition) is 1. The Balaban J connectivity index is 2.52. The van der Waals surface area contributed by atoms with Gasteiger partial charge in [0, 0.05) is 12.6 Å². The van der Waals surface area contributed by atoms with Crippen LogP contribution in [0.25, 0.3) is 0 Å². The Morgan fingerprint density at radius 3 is 2.27 bits per heavy atom. The summed E-state index contributed by atoms with van der Waals surface area (Å²) in [6.07, 6.45) is 4.18. The minimum absolute atomic E-state index is 0.262. The van der Waals surface area contributed by atoms with Crippen LogP contribution in [0, 0.1) is 11.3 Å². The first-order chi connectivity index (χ1) is 7.04. The van der Waals surface area contributed by atoms with Crippen LogP contribution in [-0.4, -0.2) is 30.6 Å². The predicted molar refractivity (Wildman–Crippen MR) is 66.9 cm³/mol. The molecule has 0 saturated heterocycles. The van der Waals surface area contributed by atoms with E-state index in [0.717, 1.165) is 25.0 Å². The van der Waals surface area contributed by atoms with Crippen LogP contribution in [0.2, 0.25) is 0 Å². The molecule has 2 heteroatoms. The normalized spacial score (nSPS) is 19.6. The van der Waals surface area contributed by atoms with Gasteiger partial charge in [0.05, 0.1) is 0 Å². The van der Waals surface area contributed by atoms with Crippen LogP contribution in [0.1, 0.15) is 47.0 Å². The van der Waals surface area contributed by atoms with Gasteiger partial charge < -0.3 is 5.73 Å². The van der Waals surface area contributed by atoms with E-state index in [1.165, 1.54) is 25.8 Å². The van der Waals surface area contributed by atoms with Gasteiger partial charge in [-0.15, -0.1) is 0 Å². The first-order valence-corrected chi connectivity index (χ1v) is 6.48. The third kappa shape index (κ3) is 3.76. The highest BCUT2D eigenvalue weighted by molar-refractivity contribution is 4.89. The molecule has 1 unspecified atom stereocenters. The summed E-state index contributed by atoms with van der Waals surface area (Å²) in [5.74, 6) is 0.975. The van der Waals surface area contributed by atoms with E-state index < -0.39 is 0 Å². The van der Waals surface area contributed by atoms with Crippen LogP contribution in [0.5, 0.6) is 0 Å². The average Bonchev–Trinajstić information content (AvgIpc) is 3.01. The Kier molecular flexibility index (Phi) is 4.60. The van der Waals surface area contributed by atoms with Crippen molar-refractivity contribution in [3.8, 4) is 0 Å². The van der Waals surface area contributed by atoms with Gasteiger partial charge in [-0.1, -0.05) is 27.7 Å². The zero-order chi connectivity index (χ0) is 11.5. The van der Waals surface area contributed by atoms with Crippen LogP contribution >= 0.6 is 0 Å². The topological polar surface area (TPSA) is 29.3 Å². The number of rotatable bonds is 7. The van der Waals surface area contributed by atoms with Crippen molar-refractivity contribution < 1.29 is 0 Å². The first-order valence-electron chi connectivity index (χ1n) is 6.48. The lowest BCUT2D eigenvalue weighted by Crippen LogP contribution is -2.44. The third-order valence-corrected chi connectivity index (χ3v) is 3.64. The van der Waals surface area contributed by atoms with E-state index in [9.17, 15) is 0 Å². The lowest BCUT2D eigenvalue weighted by Gasteiger charge is -2.36. The summed E-state index contributed by atoms with van der Waals surface area (Å²) >= 11 is 0. The molecule has 2 nitrogen and oxygen atoms in total. The minimum Gasteiger partial charge on any atom is -0.330 e. The fraction of sp³-hybridized carbons (Fsp3) is 1.00. The number of nitrogens with zero attached hydrogens (tertiary/aromatic N) is 1. The van der Waals surface area contributed by atoms with Crippen molar-refractivity contribution >= 4 is 0 Å². The van der Waals surface area contributed by atoms with Crippen LogP contribution in [0.15, 0.2) is 0 Å². The van der Waals surface area contributed by atoms with Crippen molar-refractivity contribution in [2.45, 2.75) is 53.0 Å². The summed E-state index contributed by atoms with van der Waals surface area (Å²) in [6.45, 7) is 12.2. The van der Waals surface area contributed by atoms with E-state index in [-0.39, 0.29) is 5.41 Å². The number of nitrogens with two attached hydrogens (primary N) is 1. The molecule has 15 heavy (non-hydrogen) atoms. The Morgan fingerprint density at radius 1 is 1.33 bits per heavy atom. The van der Waals surface area contributed by atoms with E-state index >= 15 is 0 Å². The molecule has 2 N–H and O–H groups in total. The summed E-state index contributed by atoms with van der Waals surface area (Å²) in [4.78, 5) is 2.64. The molecule has 0 aromatic carbocycles. The molecule has 0 radical (unpaired) electrons. The maximum Gasteiger partial charge on any atom is 0.0121 e. The highest BCUT2D eigenvalue weighted by atomic mass is 15.2. The molecule has 0 aromatic rings. The zero-order valence-electron chi connectivity index (χ0n) is 10.9. The number of hydrogen-bond acceptors (Lipinski definition) is 2. The maximum absolute atomic E-state index is 5.82. The Labute approximate surface area is 95.2 Å². The maximum atomic E-state index is 5.82. The molecule has 0 amide bonds. The van der Waals surface area contributed by atoms with Crippen LogP contribution in [0.4, 0.5) is 0 Å². The summed E-state index contributed by atoms with van der Waals surface area (Å²) in [5, 5.41) is 0. The SMILES string of the molecule is CCC(C1CC1)N(CC)CC(C)(C)CN. The van der Waals surface area contributed by atoms with Crippen molar-refractivity contribution in [2.75, 3.05) is 19.6 Å². The van der Waals surface area contributed by atoms with Gasteiger partial charge in [-0.05, 0) is 43.7 Å². The van der Waals surface area contributed by atoms with Crippen molar-refractivity contribution in [2.24, 2.45) is 17.1 Å². The molecule has 1 saturated carbocycles. The predicted octanol–water partition coefficient (Wildman–Crippen LogP) is 2.48. The average molecular weight is 212 g/mol. The monoisotopic (exact) mass is 212 g/mol. The minimum atomic E-state index is 0.262. The van der Waals surface area contributed by atoms with Gasteiger partial charge in [0.15, 0.2) is 0 Å². The molecule has 1 aliphatic carbocycles. The van der Waals surface area contributed by atoms with Crippen molar-refractivity contribution in [3.63, 3.8) is 0 Å². The molecule has 0 spiro atoms. The van der Waals surface area contributed by atoms with E-state index in [1.807, 2.05) is 0 Å². The molecular weight excluding hydrogens is 184 g/mol.